The van der Waals surface area contributed by atoms with E-state index in [-0.39, 0.29) is 6.61 Å². The first kappa shape index (κ1) is 12.3. The molecule has 1 rings (SSSR count). The van der Waals surface area contributed by atoms with E-state index in [0.29, 0.717) is 18.2 Å². The van der Waals surface area contributed by atoms with E-state index in [1.165, 1.54) is 0 Å². The summed E-state index contributed by atoms with van der Waals surface area (Å²) in [5.74, 6) is 0.778. The van der Waals surface area contributed by atoms with Crippen LogP contribution in [-0.4, -0.2) is 43.4 Å². The van der Waals surface area contributed by atoms with E-state index in [1.807, 2.05) is 30.1 Å². The maximum absolute atomic E-state index is 8.69. The van der Waals surface area contributed by atoms with Crippen LogP contribution in [-0.2, 0) is 0 Å². The lowest BCUT2D eigenvalue weighted by Crippen LogP contribution is -2.27. The van der Waals surface area contributed by atoms with Crippen LogP contribution in [0.3, 0.4) is 0 Å². The minimum atomic E-state index is 0.174. The predicted molar refractivity (Wildman–Crippen MR) is 61.5 cm³/mol. The Bertz CT molecular complexity index is 294. The summed E-state index contributed by atoms with van der Waals surface area (Å²) in [4.78, 5) is 2.00. The number of ether oxygens (including phenoxy) is 1. The fraction of sp³-hybridized carbons (Fsp3) is 0.455. The number of aliphatic hydroxyl groups excluding tert-OH is 1. The van der Waals surface area contributed by atoms with Gasteiger partial charge in [0.1, 0.15) is 12.4 Å². The molecule has 84 valence electrons. The highest BCUT2D eigenvalue weighted by Crippen LogP contribution is 2.16. The molecule has 0 spiro atoms. The molecule has 0 aromatic heterocycles. The van der Waals surface area contributed by atoms with Gasteiger partial charge in [-0.05, 0) is 25.2 Å². The molecule has 15 heavy (non-hydrogen) atoms. The molecule has 1 N–H and O–H groups in total. The molecule has 0 fully saturated rings. The third-order valence-corrected chi connectivity index (χ3v) is 2.25. The van der Waals surface area contributed by atoms with Crippen molar-refractivity contribution in [2.45, 2.75) is 0 Å². The van der Waals surface area contributed by atoms with Crippen LogP contribution < -0.4 is 4.74 Å². The Balaban J connectivity index is 2.25. The van der Waals surface area contributed by atoms with Crippen LogP contribution >= 0.6 is 11.6 Å². The van der Waals surface area contributed by atoms with Gasteiger partial charge < -0.3 is 14.7 Å². The van der Waals surface area contributed by atoms with Crippen molar-refractivity contribution in [1.82, 2.24) is 4.90 Å². The van der Waals surface area contributed by atoms with Gasteiger partial charge in [-0.25, -0.2) is 0 Å². The topological polar surface area (TPSA) is 32.7 Å². The average Bonchev–Trinajstić information content (AvgIpc) is 2.18. The molecule has 3 nitrogen and oxygen atoms in total. The lowest BCUT2D eigenvalue weighted by atomic mass is 10.3. The molecule has 0 saturated carbocycles. The number of rotatable bonds is 6. The second-order valence-corrected chi connectivity index (χ2v) is 3.77. The lowest BCUT2D eigenvalue weighted by molar-refractivity contribution is 0.192. The monoisotopic (exact) mass is 229 g/mol. The molecular weight excluding hydrogens is 214 g/mol. The summed E-state index contributed by atoms with van der Waals surface area (Å²) >= 11 is 5.81. The quantitative estimate of drug-likeness (QED) is 0.805. The molecule has 1 aromatic carbocycles. The largest absolute Gasteiger partial charge is 0.492 e. The van der Waals surface area contributed by atoms with Gasteiger partial charge in [0.25, 0.3) is 0 Å². The summed E-state index contributed by atoms with van der Waals surface area (Å²) in [6, 6.07) is 7.33. The van der Waals surface area contributed by atoms with Gasteiger partial charge >= 0.3 is 0 Å². The first-order valence-corrected chi connectivity index (χ1v) is 5.28. The standard InChI is InChI=1S/C11H16ClNO2/c1-13(5-7-14)6-8-15-11-4-2-3-10(12)9-11/h2-4,9,14H,5-8H2,1H3. The number of hydrogen-bond acceptors (Lipinski definition) is 3. The van der Waals surface area contributed by atoms with E-state index < -0.39 is 0 Å². The van der Waals surface area contributed by atoms with E-state index in [2.05, 4.69) is 0 Å². The van der Waals surface area contributed by atoms with Crippen molar-refractivity contribution in [1.29, 1.82) is 0 Å². The summed E-state index contributed by atoms with van der Waals surface area (Å²) in [7, 11) is 1.94. The van der Waals surface area contributed by atoms with Crippen molar-refractivity contribution in [3.05, 3.63) is 29.3 Å². The zero-order valence-electron chi connectivity index (χ0n) is 8.82. The normalized spacial score (nSPS) is 10.7. The van der Waals surface area contributed by atoms with Crippen LogP contribution in [0, 0.1) is 0 Å². The fourth-order valence-electron chi connectivity index (χ4n) is 1.16. The molecule has 0 heterocycles. The molecule has 0 atom stereocenters. The SMILES string of the molecule is CN(CCO)CCOc1cccc(Cl)c1. The molecule has 0 radical (unpaired) electrons. The zero-order chi connectivity index (χ0) is 11.1. The van der Waals surface area contributed by atoms with E-state index in [9.17, 15) is 0 Å². The molecule has 0 aliphatic carbocycles. The average molecular weight is 230 g/mol. The van der Waals surface area contributed by atoms with E-state index >= 15 is 0 Å². The highest BCUT2D eigenvalue weighted by Gasteiger charge is 1.98. The van der Waals surface area contributed by atoms with Crippen molar-refractivity contribution < 1.29 is 9.84 Å². The van der Waals surface area contributed by atoms with E-state index in [1.54, 1.807) is 6.07 Å². The minimum absolute atomic E-state index is 0.174. The molecule has 4 heteroatoms. The third kappa shape index (κ3) is 5.02. The number of aliphatic hydroxyl groups is 1. The summed E-state index contributed by atoms with van der Waals surface area (Å²) in [5, 5.41) is 9.37. The van der Waals surface area contributed by atoms with E-state index in [4.69, 9.17) is 21.4 Å². The van der Waals surface area contributed by atoms with Crippen LogP contribution in [0.15, 0.2) is 24.3 Å². The number of hydrogen-bond donors (Lipinski definition) is 1. The smallest absolute Gasteiger partial charge is 0.120 e. The molecule has 0 aliphatic heterocycles. The van der Waals surface area contributed by atoms with Crippen molar-refractivity contribution in [3.8, 4) is 5.75 Å². The summed E-state index contributed by atoms with van der Waals surface area (Å²) < 4.78 is 5.50. The van der Waals surface area contributed by atoms with Gasteiger partial charge in [-0.15, -0.1) is 0 Å². The van der Waals surface area contributed by atoms with Crippen molar-refractivity contribution in [2.75, 3.05) is 33.4 Å². The van der Waals surface area contributed by atoms with Gasteiger partial charge in [-0.2, -0.15) is 0 Å². The zero-order valence-corrected chi connectivity index (χ0v) is 9.57. The maximum atomic E-state index is 8.69. The lowest BCUT2D eigenvalue weighted by Gasteiger charge is -2.15. The van der Waals surface area contributed by atoms with Gasteiger partial charge in [0.15, 0.2) is 0 Å². The molecular formula is C11H16ClNO2. The van der Waals surface area contributed by atoms with Crippen molar-refractivity contribution in [2.24, 2.45) is 0 Å². The summed E-state index contributed by atoms with van der Waals surface area (Å²) in [5.41, 5.74) is 0. The summed E-state index contributed by atoms with van der Waals surface area (Å²) in [6.07, 6.45) is 0. The van der Waals surface area contributed by atoms with Crippen LogP contribution in [0.5, 0.6) is 5.75 Å². The Morgan fingerprint density at radius 2 is 2.20 bits per heavy atom. The maximum Gasteiger partial charge on any atom is 0.120 e. The van der Waals surface area contributed by atoms with Gasteiger partial charge in [0.2, 0.25) is 0 Å². The molecule has 0 aliphatic rings. The van der Waals surface area contributed by atoms with Crippen LogP contribution in [0.2, 0.25) is 5.02 Å². The van der Waals surface area contributed by atoms with E-state index in [0.717, 1.165) is 12.3 Å². The Morgan fingerprint density at radius 3 is 2.87 bits per heavy atom. The predicted octanol–water partition coefficient (Wildman–Crippen LogP) is 1.64. The molecule has 0 amide bonds. The third-order valence-electron chi connectivity index (χ3n) is 2.02. The molecule has 0 saturated heterocycles. The van der Waals surface area contributed by atoms with Crippen molar-refractivity contribution >= 4 is 11.6 Å². The summed E-state index contributed by atoms with van der Waals surface area (Å²) in [6.45, 7) is 2.22. The number of halogens is 1. The van der Waals surface area contributed by atoms with Crippen LogP contribution in [0.25, 0.3) is 0 Å². The van der Waals surface area contributed by atoms with Gasteiger partial charge in [0.05, 0.1) is 6.61 Å². The molecule has 0 unspecified atom stereocenters. The Labute approximate surface area is 95.2 Å². The molecule has 1 aromatic rings. The number of likely N-dealkylation sites (N-methyl/N-ethyl adjacent to an activating group) is 1. The first-order chi connectivity index (χ1) is 7.22. The highest BCUT2D eigenvalue weighted by atomic mass is 35.5. The van der Waals surface area contributed by atoms with Gasteiger partial charge in [0, 0.05) is 18.1 Å². The number of benzene rings is 1. The van der Waals surface area contributed by atoms with Crippen LogP contribution in [0.1, 0.15) is 0 Å². The Hall–Kier alpha value is -0.770. The van der Waals surface area contributed by atoms with Gasteiger partial charge in [-0.1, -0.05) is 17.7 Å². The second kappa shape index (κ2) is 6.67. The van der Waals surface area contributed by atoms with Crippen LogP contribution in [0.4, 0.5) is 0 Å². The van der Waals surface area contributed by atoms with Crippen molar-refractivity contribution in [3.63, 3.8) is 0 Å². The Kier molecular flexibility index (Phi) is 5.47. The number of nitrogens with zero attached hydrogens (tertiary/aromatic N) is 1. The fourth-order valence-corrected chi connectivity index (χ4v) is 1.34. The van der Waals surface area contributed by atoms with Gasteiger partial charge in [-0.3, -0.25) is 0 Å². The molecule has 0 bridgehead atoms. The first-order valence-electron chi connectivity index (χ1n) is 4.90. The Morgan fingerprint density at radius 1 is 1.40 bits per heavy atom. The second-order valence-electron chi connectivity index (χ2n) is 3.33. The highest BCUT2D eigenvalue weighted by molar-refractivity contribution is 6.30. The minimum Gasteiger partial charge on any atom is -0.492 e.